The fraction of sp³-hybridized carbons (Fsp3) is 0.444. The van der Waals surface area contributed by atoms with Gasteiger partial charge in [-0.15, -0.1) is 0 Å². The smallest absolute Gasteiger partial charge is 0.266 e. The van der Waals surface area contributed by atoms with Gasteiger partial charge in [-0.05, 0) is 11.6 Å². The van der Waals surface area contributed by atoms with Crippen LogP contribution in [0.5, 0.6) is 0 Å². The minimum Gasteiger partial charge on any atom is -0.393 e. The molecule has 0 spiro atoms. The number of nitrogens with zero attached hydrogens (tertiary/aromatic N) is 4. The van der Waals surface area contributed by atoms with E-state index in [4.69, 9.17) is 23.2 Å². The molecule has 0 radical (unpaired) electrons. The second kappa shape index (κ2) is 7.44. The highest BCUT2D eigenvalue weighted by Crippen LogP contribution is 2.36. The minimum atomic E-state index is -2.75. The molecule has 27 heavy (non-hydrogen) atoms. The molecule has 1 aromatic heterocycles. The highest BCUT2D eigenvalue weighted by atomic mass is 35.5. The molecular weight excluding hydrogens is 374 g/mol. The number of anilines is 3. The van der Waals surface area contributed by atoms with Crippen LogP contribution in [-0.2, 0) is 6.54 Å². The monoisotopic (exact) mass is 396 g/mol. The van der Waals surface area contributed by atoms with Crippen molar-refractivity contribution >= 4 is 28.9 Å². The molecule has 9 heteroatoms. The summed E-state index contributed by atoms with van der Waals surface area (Å²) >= 11 is 6.21. The molecule has 1 fully saturated rings. The van der Waals surface area contributed by atoms with Crippen molar-refractivity contribution < 1.29 is 8.78 Å². The van der Waals surface area contributed by atoms with Crippen LogP contribution < -0.4 is 21.5 Å². The van der Waals surface area contributed by atoms with E-state index in [1.54, 1.807) is 6.07 Å². The van der Waals surface area contributed by atoms with Gasteiger partial charge in [0.15, 0.2) is 11.6 Å². The molecule has 6 nitrogen and oxygen atoms in total. The van der Waals surface area contributed by atoms with Gasteiger partial charge in [-0.1, -0.05) is 43.6 Å². The Labute approximate surface area is 162 Å². The predicted octanol–water partition coefficient (Wildman–Crippen LogP) is 3.56. The largest absolute Gasteiger partial charge is 0.393 e. The summed E-state index contributed by atoms with van der Waals surface area (Å²) < 4.78 is 27.4. The quantitative estimate of drug-likeness (QED) is 0.593. The number of alkyl halides is 2. The number of rotatable bonds is 5. The van der Waals surface area contributed by atoms with Crippen LogP contribution in [0.25, 0.3) is 0 Å². The Morgan fingerprint density at radius 1 is 1.30 bits per heavy atom. The molecule has 1 aliphatic rings. The molecule has 146 valence electrons. The maximum atomic E-state index is 13.7. The number of hydrazine groups is 1. The summed E-state index contributed by atoms with van der Waals surface area (Å²) in [5, 5.41) is 1.95. The Bertz CT molecular complexity index is 829. The zero-order valence-electron chi connectivity index (χ0n) is 15.3. The third-order valence-electron chi connectivity index (χ3n) is 4.48. The van der Waals surface area contributed by atoms with Crippen molar-refractivity contribution in [2.45, 2.75) is 38.7 Å². The summed E-state index contributed by atoms with van der Waals surface area (Å²) in [6.07, 6.45) is -0.227. The average molecular weight is 397 g/mol. The van der Waals surface area contributed by atoms with Crippen LogP contribution in [0.4, 0.5) is 26.1 Å². The van der Waals surface area contributed by atoms with E-state index in [0.29, 0.717) is 22.5 Å². The van der Waals surface area contributed by atoms with Crippen molar-refractivity contribution in [2.75, 3.05) is 28.7 Å². The van der Waals surface area contributed by atoms with E-state index in [0.717, 1.165) is 5.56 Å². The van der Waals surface area contributed by atoms with E-state index in [9.17, 15) is 8.78 Å². The summed E-state index contributed by atoms with van der Waals surface area (Å²) in [4.78, 5) is 10.4. The molecule has 4 N–H and O–H groups in total. The van der Waals surface area contributed by atoms with Crippen LogP contribution in [-0.4, -0.2) is 29.0 Å². The zero-order valence-corrected chi connectivity index (χ0v) is 16.0. The fourth-order valence-corrected chi connectivity index (χ4v) is 3.18. The molecule has 2 heterocycles. The van der Waals surface area contributed by atoms with Crippen LogP contribution in [0.3, 0.4) is 0 Å². The van der Waals surface area contributed by atoms with Gasteiger partial charge in [0.1, 0.15) is 11.5 Å². The number of nitrogen functional groups attached to an aromatic ring is 1. The summed E-state index contributed by atoms with van der Waals surface area (Å²) in [5.74, 6) is 4.56. The molecule has 3 rings (SSSR count). The van der Waals surface area contributed by atoms with Gasteiger partial charge < -0.3 is 10.6 Å². The van der Waals surface area contributed by atoms with E-state index in [2.05, 4.69) is 9.97 Å². The van der Waals surface area contributed by atoms with Gasteiger partial charge >= 0.3 is 0 Å². The van der Waals surface area contributed by atoms with Crippen molar-refractivity contribution in [3.8, 4) is 0 Å². The van der Waals surface area contributed by atoms with Crippen LogP contribution in [0.15, 0.2) is 24.3 Å². The lowest BCUT2D eigenvalue weighted by molar-refractivity contribution is 0.0257. The van der Waals surface area contributed by atoms with E-state index in [-0.39, 0.29) is 31.1 Å². The molecule has 0 bridgehead atoms. The van der Waals surface area contributed by atoms with Crippen LogP contribution in [0.2, 0.25) is 5.02 Å². The molecular formula is C18H23ClF2N6. The van der Waals surface area contributed by atoms with E-state index in [1.165, 1.54) is 9.91 Å². The molecule has 1 aliphatic heterocycles. The molecule has 0 aliphatic carbocycles. The van der Waals surface area contributed by atoms with Crippen molar-refractivity contribution in [2.24, 2.45) is 5.84 Å². The van der Waals surface area contributed by atoms with Gasteiger partial charge in [0.2, 0.25) is 0 Å². The lowest BCUT2D eigenvalue weighted by atomic mass is 10.2. The van der Waals surface area contributed by atoms with Crippen LogP contribution >= 0.6 is 11.6 Å². The Morgan fingerprint density at radius 3 is 2.59 bits per heavy atom. The predicted molar refractivity (Wildman–Crippen MR) is 104 cm³/mol. The molecule has 0 saturated carbocycles. The van der Waals surface area contributed by atoms with Crippen molar-refractivity contribution in [1.82, 2.24) is 9.97 Å². The normalized spacial score (nSPS) is 16.2. The van der Waals surface area contributed by atoms with Crippen molar-refractivity contribution in [1.29, 1.82) is 0 Å². The second-order valence-corrected chi connectivity index (χ2v) is 7.45. The van der Waals surface area contributed by atoms with Gasteiger partial charge in [-0.25, -0.2) is 24.6 Å². The van der Waals surface area contributed by atoms with Crippen LogP contribution in [0.1, 0.15) is 37.6 Å². The number of hydrogen-bond donors (Lipinski definition) is 2. The lowest BCUT2D eigenvalue weighted by Gasteiger charge is -2.26. The summed E-state index contributed by atoms with van der Waals surface area (Å²) in [6.45, 7) is 3.88. The van der Waals surface area contributed by atoms with Gasteiger partial charge in [0.25, 0.3) is 5.92 Å². The Morgan fingerprint density at radius 2 is 2.00 bits per heavy atom. The third-order valence-corrected chi connectivity index (χ3v) is 4.85. The Hall–Kier alpha value is -2.19. The van der Waals surface area contributed by atoms with Gasteiger partial charge in [-0.2, -0.15) is 0 Å². The maximum Gasteiger partial charge on any atom is 0.266 e. The topological polar surface area (TPSA) is 84.3 Å². The Kier molecular flexibility index (Phi) is 5.39. The van der Waals surface area contributed by atoms with Gasteiger partial charge in [-0.3, -0.25) is 5.01 Å². The first kappa shape index (κ1) is 19.6. The van der Waals surface area contributed by atoms with E-state index < -0.39 is 12.5 Å². The zero-order chi connectivity index (χ0) is 19.8. The summed E-state index contributed by atoms with van der Waals surface area (Å²) in [7, 11) is 0. The fourth-order valence-electron chi connectivity index (χ4n) is 2.98. The molecule has 2 aromatic rings. The number of aromatic nitrogens is 2. The molecule has 0 amide bonds. The lowest BCUT2D eigenvalue weighted by Crippen LogP contribution is -2.34. The number of halogens is 3. The van der Waals surface area contributed by atoms with E-state index in [1.807, 2.05) is 32.0 Å². The number of benzene rings is 1. The van der Waals surface area contributed by atoms with Crippen molar-refractivity contribution in [3.63, 3.8) is 0 Å². The maximum absolute atomic E-state index is 13.7. The standard InChI is InChI=1S/C18H23ClF2N6/c1-11(2)15-24-16(26-8-7-18(20,21)10-26)14(22)17(25-15)27(23)9-12-5-3-4-6-13(12)19/h3-6,11H,7-10,22-23H2,1-2H3. The second-order valence-electron chi connectivity index (χ2n) is 7.04. The van der Waals surface area contributed by atoms with Gasteiger partial charge in [0, 0.05) is 23.9 Å². The highest BCUT2D eigenvalue weighted by molar-refractivity contribution is 6.31. The average Bonchev–Trinajstić information content (AvgIpc) is 2.96. The third kappa shape index (κ3) is 4.22. The molecule has 1 aromatic carbocycles. The molecule has 1 saturated heterocycles. The highest BCUT2D eigenvalue weighted by Gasteiger charge is 2.40. The number of nitrogens with two attached hydrogens (primary N) is 2. The van der Waals surface area contributed by atoms with Crippen molar-refractivity contribution in [3.05, 3.63) is 40.7 Å². The summed E-state index contributed by atoms with van der Waals surface area (Å²) in [6, 6.07) is 7.31. The molecule has 0 unspecified atom stereocenters. The Balaban J connectivity index is 1.98. The first-order valence-electron chi connectivity index (χ1n) is 8.74. The molecule has 0 atom stereocenters. The van der Waals surface area contributed by atoms with Gasteiger partial charge in [0.05, 0.1) is 13.1 Å². The van der Waals surface area contributed by atoms with E-state index >= 15 is 0 Å². The van der Waals surface area contributed by atoms with Crippen LogP contribution in [0, 0.1) is 0 Å². The number of hydrogen-bond acceptors (Lipinski definition) is 6. The SMILES string of the molecule is CC(C)c1nc(N(N)Cc2ccccc2Cl)c(N)c(N2CCC(F)(F)C2)n1. The first-order chi connectivity index (χ1) is 12.7. The first-order valence-corrected chi connectivity index (χ1v) is 9.11. The summed E-state index contributed by atoms with van der Waals surface area (Å²) in [5.41, 5.74) is 7.24. The minimum absolute atomic E-state index is 0.0140.